The zero-order valence-corrected chi connectivity index (χ0v) is 12.4. The van der Waals surface area contributed by atoms with Crippen LogP contribution in [0.2, 0.25) is 10.0 Å². The molecule has 0 bridgehead atoms. The summed E-state index contributed by atoms with van der Waals surface area (Å²) in [7, 11) is 0. The van der Waals surface area contributed by atoms with Crippen LogP contribution in [0.25, 0.3) is 0 Å². The van der Waals surface area contributed by atoms with E-state index in [-0.39, 0.29) is 0 Å². The topological polar surface area (TPSA) is 84.2 Å². The van der Waals surface area contributed by atoms with Crippen molar-refractivity contribution in [3.63, 3.8) is 0 Å². The molecule has 0 aromatic heterocycles. The van der Waals surface area contributed by atoms with Crippen molar-refractivity contribution in [3.05, 3.63) is 26.7 Å². The number of nitrogens with two attached hydrogens (primary N) is 1. The fraction of sp³-hybridized carbons (Fsp3) is 0.200. The van der Waals surface area contributed by atoms with E-state index in [2.05, 4.69) is 21.2 Å². The first-order valence-electron chi connectivity index (χ1n) is 4.82. The summed E-state index contributed by atoms with van der Waals surface area (Å²) in [6.07, 6.45) is 0. The average molecular weight is 355 g/mol. The molecule has 1 aromatic rings. The molecule has 0 aliphatic heterocycles. The fourth-order valence-electron chi connectivity index (χ4n) is 1.19. The van der Waals surface area contributed by atoms with Crippen molar-refractivity contribution in [2.45, 2.75) is 13.0 Å². The molecule has 98 valence electrons. The van der Waals surface area contributed by atoms with Crippen molar-refractivity contribution < 1.29 is 9.59 Å². The number of hydrogen-bond acceptors (Lipinski definition) is 3. The van der Waals surface area contributed by atoms with Gasteiger partial charge in [0.15, 0.2) is 0 Å². The zero-order chi connectivity index (χ0) is 13.9. The summed E-state index contributed by atoms with van der Waals surface area (Å²) in [5, 5.41) is 5.47. The summed E-state index contributed by atoms with van der Waals surface area (Å²) >= 11 is 15.2. The van der Waals surface area contributed by atoms with E-state index in [1.165, 1.54) is 0 Å². The number of primary amides is 1. The third kappa shape index (κ3) is 4.04. The second-order valence-corrected chi connectivity index (χ2v) is 5.19. The first-order valence-corrected chi connectivity index (χ1v) is 6.37. The monoisotopic (exact) mass is 353 g/mol. The minimum Gasteiger partial charge on any atom is -0.371 e. The number of halogens is 3. The van der Waals surface area contributed by atoms with Crippen LogP contribution in [0, 0.1) is 0 Å². The maximum Gasteiger partial charge on any atom is 0.318 e. The molecular formula is C10H10BrCl2N3O2. The highest BCUT2D eigenvalue weighted by molar-refractivity contribution is 9.10. The number of nitrogens with one attached hydrogen (secondary N) is 2. The van der Waals surface area contributed by atoms with Gasteiger partial charge in [-0.1, -0.05) is 39.1 Å². The smallest absolute Gasteiger partial charge is 0.318 e. The minimum atomic E-state index is -0.915. The third-order valence-corrected chi connectivity index (χ3v) is 3.06. The van der Waals surface area contributed by atoms with Gasteiger partial charge in [-0.25, -0.2) is 4.79 Å². The number of rotatable bonds is 3. The maximum atomic E-state index is 11.5. The molecular weight excluding hydrogens is 345 g/mol. The van der Waals surface area contributed by atoms with Crippen LogP contribution in [0.1, 0.15) is 6.92 Å². The summed E-state index contributed by atoms with van der Waals surface area (Å²) in [5.41, 5.74) is 5.26. The molecule has 0 fully saturated rings. The maximum absolute atomic E-state index is 11.5. The number of urea groups is 1. The van der Waals surface area contributed by atoms with Gasteiger partial charge >= 0.3 is 6.03 Å². The van der Waals surface area contributed by atoms with Gasteiger partial charge in [0.25, 0.3) is 0 Å². The molecule has 0 spiro atoms. The van der Waals surface area contributed by atoms with E-state index in [1.54, 1.807) is 19.1 Å². The number of amides is 3. The Labute approximate surface area is 122 Å². The van der Waals surface area contributed by atoms with Gasteiger partial charge in [0.1, 0.15) is 6.04 Å². The SMILES string of the molecule is CC(Nc1c(Cl)cc(Br)cc1Cl)C(=O)NC(N)=O. The summed E-state index contributed by atoms with van der Waals surface area (Å²) in [6, 6.07) is 1.64. The molecule has 18 heavy (non-hydrogen) atoms. The number of anilines is 1. The molecule has 0 radical (unpaired) electrons. The molecule has 4 N–H and O–H groups in total. The van der Waals surface area contributed by atoms with Gasteiger partial charge in [-0.2, -0.15) is 0 Å². The van der Waals surface area contributed by atoms with Crippen LogP contribution >= 0.6 is 39.1 Å². The quantitative estimate of drug-likeness (QED) is 0.780. The van der Waals surface area contributed by atoms with Gasteiger partial charge in [-0.3, -0.25) is 10.1 Å². The Morgan fingerprint density at radius 1 is 1.33 bits per heavy atom. The number of carbonyl (C=O) groups is 2. The molecule has 1 unspecified atom stereocenters. The lowest BCUT2D eigenvalue weighted by Crippen LogP contribution is -2.43. The molecule has 3 amide bonds. The fourth-order valence-corrected chi connectivity index (χ4v) is 2.51. The van der Waals surface area contributed by atoms with Gasteiger partial charge in [0.2, 0.25) is 5.91 Å². The van der Waals surface area contributed by atoms with Gasteiger partial charge in [-0.15, -0.1) is 0 Å². The van der Waals surface area contributed by atoms with Gasteiger partial charge < -0.3 is 11.1 Å². The lowest BCUT2D eigenvalue weighted by molar-refractivity contribution is -0.120. The predicted molar refractivity (Wildman–Crippen MR) is 75.0 cm³/mol. The first-order chi connectivity index (χ1) is 8.31. The molecule has 0 saturated heterocycles. The summed E-state index contributed by atoms with van der Waals surface area (Å²) in [4.78, 5) is 22.0. The van der Waals surface area contributed by atoms with Crippen molar-refractivity contribution in [1.29, 1.82) is 0 Å². The van der Waals surface area contributed by atoms with Crippen molar-refractivity contribution in [2.24, 2.45) is 5.73 Å². The van der Waals surface area contributed by atoms with Crippen molar-refractivity contribution in [1.82, 2.24) is 5.32 Å². The van der Waals surface area contributed by atoms with Crippen molar-refractivity contribution in [3.8, 4) is 0 Å². The molecule has 1 aromatic carbocycles. The highest BCUT2D eigenvalue weighted by Crippen LogP contribution is 2.34. The number of hydrogen-bond donors (Lipinski definition) is 3. The van der Waals surface area contributed by atoms with Gasteiger partial charge in [0, 0.05) is 4.47 Å². The van der Waals surface area contributed by atoms with Crippen LogP contribution < -0.4 is 16.4 Å². The Hall–Kier alpha value is -0.980. The minimum absolute atomic E-state index is 0.355. The van der Waals surface area contributed by atoms with E-state index < -0.39 is 18.0 Å². The summed E-state index contributed by atoms with van der Waals surface area (Å²) in [5.74, 6) is -0.572. The molecule has 0 aliphatic carbocycles. The van der Waals surface area contributed by atoms with Crippen LogP contribution in [-0.2, 0) is 4.79 Å². The molecule has 0 aliphatic rings. The Balaban J connectivity index is 2.85. The summed E-state index contributed by atoms with van der Waals surface area (Å²) < 4.78 is 0.720. The van der Waals surface area contributed by atoms with Gasteiger partial charge in [0.05, 0.1) is 15.7 Å². The van der Waals surface area contributed by atoms with Crippen LogP contribution in [0.3, 0.4) is 0 Å². The largest absolute Gasteiger partial charge is 0.371 e. The first kappa shape index (κ1) is 15.1. The Kier molecular flexibility index (Phi) is 5.25. The van der Waals surface area contributed by atoms with E-state index >= 15 is 0 Å². The second kappa shape index (κ2) is 6.26. The molecule has 1 atom stereocenters. The second-order valence-electron chi connectivity index (χ2n) is 3.46. The third-order valence-electron chi connectivity index (χ3n) is 2.01. The van der Waals surface area contributed by atoms with Crippen molar-refractivity contribution in [2.75, 3.05) is 5.32 Å². The predicted octanol–water partition coefficient (Wildman–Crippen LogP) is 2.75. The number of benzene rings is 1. The van der Waals surface area contributed by atoms with Crippen LogP contribution in [0.4, 0.5) is 10.5 Å². The van der Waals surface area contributed by atoms with E-state index in [0.717, 1.165) is 4.47 Å². The Morgan fingerprint density at radius 2 is 1.83 bits per heavy atom. The van der Waals surface area contributed by atoms with Crippen LogP contribution in [-0.4, -0.2) is 18.0 Å². The molecule has 1 rings (SSSR count). The normalized spacial score (nSPS) is 11.8. The number of carbonyl (C=O) groups excluding carboxylic acids is 2. The number of imide groups is 1. The molecule has 5 nitrogen and oxygen atoms in total. The zero-order valence-electron chi connectivity index (χ0n) is 9.26. The van der Waals surface area contributed by atoms with E-state index in [1.807, 2.05) is 5.32 Å². The molecule has 0 saturated carbocycles. The average Bonchev–Trinajstić information content (AvgIpc) is 2.21. The van der Waals surface area contributed by atoms with Gasteiger partial charge in [-0.05, 0) is 19.1 Å². The van der Waals surface area contributed by atoms with E-state index in [0.29, 0.717) is 15.7 Å². The molecule has 0 heterocycles. The highest BCUT2D eigenvalue weighted by atomic mass is 79.9. The Morgan fingerprint density at radius 3 is 2.28 bits per heavy atom. The van der Waals surface area contributed by atoms with Crippen LogP contribution in [0.5, 0.6) is 0 Å². The van der Waals surface area contributed by atoms with E-state index in [9.17, 15) is 9.59 Å². The highest BCUT2D eigenvalue weighted by Gasteiger charge is 2.17. The Bertz CT molecular complexity index is 473. The lowest BCUT2D eigenvalue weighted by Gasteiger charge is -2.16. The van der Waals surface area contributed by atoms with Crippen LogP contribution in [0.15, 0.2) is 16.6 Å². The lowest BCUT2D eigenvalue weighted by atomic mass is 10.2. The summed E-state index contributed by atoms with van der Waals surface area (Å²) in [6.45, 7) is 1.55. The van der Waals surface area contributed by atoms with E-state index in [4.69, 9.17) is 28.9 Å². The molecule has 8 heteroatoms. The standard InChI is InChI=1S/C10H10BrCl2N3O2/c1-4(9(17)16-10(14)18)15-8-6(12)2-5(11)3-7(8)13/h2-4,15H,1H3,(H3,14,16,17,18). The van der Waals surface area contributed by atoms with Crippen molar-refractivity contribution >= 4 is 56.8 Å².